The van der Waals surface area contributed by atoms with Crippen LogP contribution in [-0.4, -0.2) is 22.8 Å². The molecule has 1 amide bonds. The van der Waals surface area contributed by atoms with Crippen LogP contribution in [0.1, 0.15) is 115 Å². The van der Waals surface area contributed by atoms with Crippen LogP contribution >= 0.6 is 7.60 Å². The third-order valence-electron chi connectivity index (χ3n) is 5.97. The molecule has 0 bridgehead atoms. The number of nitrogens with one attached hydrogen (secondary N) is 1. The van der Waals surface area contributed by atoms with Gasteiger partial charge >= 0.3 is 7.60 Å². The van der Waals surface area contributed by atoms with Crippen LogP contribution < -0.4 is 10.1 Å². The Morgan fingerprint density at radius 3 is 1.79 bits per heavy atom. The summed E-state index contributed by atoms with van der Waals surface area (Å²) in [4.78, 5) is 30.9. The van der Waals surface area contributed by atoms with Crippen molar-refractivity contribution < 1.29 is 23.9 Å². The Hall–Kier alpha value is -1.36. The summed E-state index contributed by atoms with van der Waals surface area (Å²) in [6.07, 6.45) is 19.2. The van der Waals surface area contributed by atoms with Gasteiger partial charge in [0.05, 0.1) is 13.3 Å². The highest BCUT2D eigenvalue weighted by molar-refractivity contribution is 7.50. The standard InChI is InChI=1S/C26H46NO5P/c1-3-4-5-6-7-8-9-10-11-12-13-14-15-16-17-18-26(28)27-25-20-19-24(32-2)21-23(25)22-33(29,30)31/h19-21H,3-18,22H2,1-2H3,(H,27,28)(H2,29,30,31). The Morgan fingerprint density at radius 1 is 0.848 bits per heavy atom. The lowest BCUT2D eigenvalue weighted by molar-refractivity contribution is -0.116. The van der Waals surface area contributed by atoms with Crippen molar-refractivity contribution in [2.75, 3.05) is 12.4 Å². The molecule has 7 heteroatoms. The molecule has 1 rings (SSSR count). The van der Waals surface area contributed by atoms with E-state index in [-0.39, 0.29) is 5.91 Å². The molecular weight excluding hydrogens is 437 g/mol. The van der Waals surface area contributed by atoms with E-state index in [2.05, 4.69) is 12.2 Å². The fourth-order valence-electron chi connectivity index (χ4n) is 4.04. The van der Waals surface area contributed by atoms with Crippen molar-refractivity contribution >= 4 is 19.2 Å². The summed E-state index contributed by atoms with van der Waals surface area (Å²) in [7, 11) is -2.76. The lowest BCUT2D eigenvalue weighted by atomic mass is 10.0. The molecule has 0 aliphatic carbocycles. The van der Waals surface area contributed by atoms with Crippen molar-refractivity contribution in [3.63, 3.8) is 0 Å². The van der Waals surface area contributed by atoms with Crippen LogP contribution in [-0.2, 0) is 15.5 Å². The minimum Gasteiger partial charge on any atom is -0.497 e. The first-order chi connectivity index (χ1) is 15.9. The smallest absolute Gasteiger partial charge is 0.329 e. The molecule has 0 aliphatic rings. The molecule has 0 fully saturated rings. The van der Waals surface area contributed by atoms with Gasteiger partial charge in [-0.25, -0.2) is 0 Å². The van der Waals surface area contributed by atoms with Gasteiger partial charge < -0.3 is 19.8 Å². The molecule has 6 nitrogen and oxygen atoms in total. The fraction of sp³-hybridized carbons (Fsp3) is 0.731. The number of ether oxygens (including phenoxy) is 1. The zero-order valence-electron chi connectivity index (χ0n) is 20.8. The van der Waals surface area contributed by atoms with E-state index >= 15 is 0 Å². The minimum atomic E-state index is -4.25. The molecule has 190 valence electrons. The molecule has 0 radical (unpaired) electrons. The first-order valence-electron chi connectivity index (χ1n) is 12.9. The van der Waals surface area contributed by atoms with Crippen LogP contribution in [0.4, 0.5) is 5.69 Å². The van der Waals surface area contributed by atoms with Crippen molar-refractivity contribution in [3.8, 4) is 5.75 Å². The lowest BCUT2D eigenvalue weighted by Gasteiger charge is -2.13. The van der Waals surface area contributed by atoms with E-state index in [1.165, 1.54) is 84.2 Å². The molecule has 0 saturated carbocycles. The molecule has 3 N–H and O–H groups in total. The number of methoxy groups -OCH3 is 1. The Labute approximate surface area is 201 Å². The zero-order valence-corrected chi connectivity index (χ0v) is 21.7. The second kappa shape index (κ2) is 18.0. The number of hydrogen-bond donors (Lipinski definition) is 3. The van der Waals surface area contributed by atoms with E-state index in [0.717, 1.165) is 19.3 Å². The number of unbranched alkanes of at least 4 members (excludes halogenated alkanes) is 14. The van der Waals surface area contributed by atoms with Gasteiger partial charge in [0.25, 0.3) is 0 Å². The minimum absolute atomic E-state index is 0.123. The molecule has 0 unspecified atom stereocenters. The number of carbonyl (C=O) groups is 1. The molecule has 33 heavy (non-hydrogen) atoms. The van der Waals surface area contributed by atoms with Gasteiger partial charge in [-0.05, 0) is 30.2 Å². The topological polar surface area (TPSA) is 95.9 Å². The van der Waals surface area contributed by atoms with Crippen molar-refractivity contribution in [3.05, 3.63) is 23.8 Å². The predicted octanol–water partition coefficient (Wildman–Crippen LogP) is 7.57. The average molecular weight is 484 g/mol. The van der Waals surface area contributed by atoms with Gasteiger partial charge in [0.1, 0.15) is 5.75 Å². The largest absolute Gasteiger partial charge is 0.497 e. The average Bonchev–Trinajstić information content (AvgIpc) is 2.76. The van der Waals surface area contributed by atoms with Gasteiger partial charge in [-0.1, -0.05) is 96.8 Å². The number of hydrogen-bond acceptors (Lipinski definition) is 3. The summed E-state index contributed by atoms with van der Waals surface area (Å²) < 4.78 is 16.5. The molecular formula is C26H46NO5P. The number of rotatable bonds is 20. The molecule has 0 saturated heterocycles. The van der Waals surface area contributed by atoms with E-state index in [0.29, 0.717) is 23.4 Å². The lowest BCUT2D eigenvalue weighted by Crippen LogP contribution is -2.13. The van der Waals surface area contributed by atoms with Crippen LogP contribution in [0.2, 0.25) is 0 Å². The third kappa shape index (κ3) is 16.0. The molecule has 0 aliphatic heterocycles. The summed E-state index contributed by atoms with van der Waals surface area (Å²) in [5, 5.41) is 2.80. The summed E-state index contributed by atoms with van der Waals surface area (Å²) in [6, 6.07) is 4.86. The SMILES string of the molecule is CCCCCCCCCCCCCCCCCC(=O)Nc1ccc(OC)cc1CP(=O)(O)O. The third-order valence-corrected chi connectivity index (χ3v) is 6.72. The summed E-state index contributed by atoms with van der Waals surface area (Å²) >= 11 is 0. The zero-order chi connectivity index (χ0) is 24.4. The first kappa shape index (κ1) is 29.7. The van der Waals surface area contributed by atoms with Crippen molar-refractivity contribution in [2.24, 2.45) is 0 Å². The van der Waals surface area contributed by atoms with Gasteiger partial charge in [-0.15, -0.1) is 0 Å². The van der Waals surface area contributed by atoms with Gasteiger partial charge in [-0.2, -0.15) is 0 Å². The highest BCUT2D eigenvalue weighted by atomic mass is 31.2. The maximum Gasteiger partial charge on any atom is 0.329 e. The summed E-state index contributed by atoms with van der Waals surface area (Å²) in [6.45, 7) is 2.26. The first-order valence-corrected chi connectivity index (χ1v) is 14.7. The number of anilines is 1. The van der Waals surface area contributed by atoms with Crippen molar-refractivity contribution in [1.29, 1.82) is 0 Å². The van der Waals surface area contributed by atoms with Gasteiger partial charge in [0, 0.05) is 12.1 Å². The predicted molar refractivity (Wildman–Crippen MR) is 137 cm³/mol. The van der Waals surface area contributed by atoms with Gasteiger partial charge in [0.15, 0.2) is 0 Å². The summed E-state index contributed by atoms with van der Waals surface area (Å²) in [5.41, 5.74) is 0.817. The Bertz CT molecular complexity index is 704. The van der Waals surface area contributed by atoms with Crippen molar-refractivity contribution in [1.82, 2.24) is 0 Å². The number of benzene rings is 1. The second-order valence-corrected chi connectivity index (χ2v) is 10.7. The Kier molecular flexibility index (Phi) is 16.2. The molecule has 0 heterocycles. The quantitative estimate of drug-likeness (QED) is 0.131. The van der Waals surface area contributed by atoms with Crippen molar-refractivity contribution in [2.45, 2.75) is 116 Å². The maximum atomic E-state index is 12.3. The van der Waals surface area contributed by atoms with Crippen LogP contribution in [0.3, 0.4) is 0 Å². The Morgan fingerprint density at radius 2 is 1.33 bits per heavy atom. The highest BCUT2D eigenvalue weighted by Gasteiger charge is 2.18. The van der Waals surface area contributed by atoms with Crippen LogP contribution in [0.25, 0.3) is 0 Å². The van der Waals surface area contributed by atoms with E-state index < -0.39 is 13.8 Å². The molecule has 0 atom stereocenters. The molecule has 0 spiro atoms. The Balaban J connectivity index is 2.10. The van der Waals surface area contributed by atoms with E-state index in [1.54, 1.807) is 18.2 Å². The maximum absolute atomic E-state index is 12.3. The molecule has 1 aromatic carbocycles. The molecule has 0 aromatic heterocycles. The van der Waals surface area contributed by atoms with E-state index in [1.807, 2.05) is 0 Å². The molecule has 1 aromatic rings. The van der Waals surface area contributed by atoms with Crippen LogP contribution in [0, 0.1) is 0 Å². The second-order valence-electron chi connectivity index (χ2n) is 9.09. The normalized spacial score (nSPS) is 11.5. The summed E-state index contributed by atoms with van der Waals surface area (Å²) in [5.74, 6) is 0.376. The fourth-order valence-corrected chi connectivity index (χ4v) is 4.75. The van der Waals surface area contributed by atoms with Crippen LogP contribution in [0.5, 0.6) is 5.75 Å². The van der Waals surface area contributed by atoms with E-state index in [9.17, 15) is 19.1 Å². The van der Waals surface area contributed by atoms with Gasteiger partial charge in [0.2, 0.25) is 5.91 Å². The highest BCUT2D eigenvalue weighted by Crippen LogP contribution is 2.42. The van der Waals surface area contributed by atoms with Crippen LogP contribution in [0.15, 0.2) is 18.2 Å². The van der Waals surface area contributed by atoms with E-state index in [4.69, 9.17) is 4.74 Å². The number of amides is 1. The monoisotopic (exact) mass is 483 g/mol. The number of carbonyl (C=O) groups excluding carboxylic acids is 1. The van der Waals surface area contributed by atoms with Gasteiger partial charge in [-0.3, -0.25) is 9.36 Å².